The molecule has 1 rings (SSSR count). The minimum Gasteiger partial charge on any atom is -0.350 e. The average Bonchev–Trinajstić information content (AvgIpc) is 2.75. The zero-order valence-electron chi connectivity index (χ0n) is 11.8. The lowest BCUT2D eigenvalue weighted by molar-refractivity contribution is -0.119. The van der Waals surface area contributed by atoms with Crippen molar-refractivity contribution in [2.45, 2.75) is 58.9 Å². The standard InChI is InChI=1S/C16H25NO/c1-4-6-7-9-14-10-8-11-15(14)12-16(5-2)17-13(3)18/h8,10-12,16H,4-7,9H2,1-3H3,(H,17,18). The predicted molar refractivity (Wildman–Crippen MR) is 77.3 cm³/mol. The van der Waals surface area contributed by atoms with Crippen LogP contribution in [0.2, 0.25) is 0 Å². The largest absolute Gasteiger partial charge is 0.350 e. The smallest absolute Gasteiger partial charge is 0.217 e. The van der Waals surface area contributed by atoms with Gasteiger partial charge in [-0.3, -0.25) is 4.79 Å². The van der Waals surface area contributed by atoms with Crippen molar-refractivity contribution in [3.63, 3.8) is 0 Å². The third kappa shape index (κ3) is 4.91. The fourth-order valence-corrected chi connectivity index (χ4v) is 2.17. The molecule has 0 fully saturated rings. The minimum atomic E-state index is 0.0391. The van der Waals surface area contributed by atoms with Crippen LogP contribution in [-0.4, -0.2) is 11.9 Å². The molecule has 0 aromatic carbocycles. The molecule has 1 unspecified atom stereocenters. The molecule has 0 aromatic heterocycles. The summed E-state index contributed by atoms with van der Waals surface area (Å²) in [6, 6.07) is 0.148. The Morgan fingerprint density at radius 3 is 2.78 bits per heavy atom. The number of hydrogen-bond donors (Lipinski definition) is 1. The van der Waals surface area contributed by atoms with Crippen molar-refractivity contribution in [2.75, 3.05) is 0 Å². The molecule has 0 saturated carbocycles. The van der Waals surface area contributed by atoms with Gasteiger partial charge in [-0.2, -0.15) is 0 Å². The van der Waals surface area contributed by atoms with E-state index in [0.29, 0.717) is 0 Å². The molecular formula is C16H25NO. The molecule has 0 heterocycles. The molecule has 1 aliphatic rings. The number of amides is 1. The molecule has 2 nitrogen and oxygen atoms in total. The molecule has 0 aromatic rings. The molecule has 1 N–H and O–H groups in total. The van der Waals surface area contributed by atoms with Gasteiger partial charge in [-0.25, -0.2) is 0 Å². The molecule has 1 amide bonds. The first-order valence-electron chi connectivity index (χ1n) is 7.03. The van der Waals surface area contributed by atoms with Gasteiger partial charge in [0.05, 0.1) is 0 Å². The highest BCUT2D eigenvalue weighted by molar-refractivity contribution is 5.73. The Hall–Kier alpha value is -1.31. The number of carbonyl (C=O) groups excluding carboxylic acids is 1. The molecule has 100 valence electrons. The van der Waals surface area contributed by atoms with Crippen LogP contribution in [0, 0.1) is 0 Å². The van der Waals surface area contributed by atoms with E-state index in [1.807, 2.05) is 0 Å². The molecule has 0 bridgehead atoms. The summed E-state index contributed by atoms with van der Waals surface area (Å²) < 4.78 is 0. The van der Waals surface area contributed by atoms with Crippen molar-refractivity contribution in [3.8, 4) is 0 Å². The molecule has 0 radical (unpaired) electrons. The van der Waals surface area contributed by atoms with Crippen LogP contribution in [0.5, 0.6) is 0 Å². The zero-order chi connectivity index (χ0) is 13.4. The lowest BCUT2D eigenvalue weighted by Gasteiger charge is -2.13. The van der Waals surface area contributed by atoms with Crippen LogP contribution in [0.1, 0.15) is 52.9 Å². The summed E-state index contributed by atoms with van der Waals surface area (Å²) >= 11 is 0. The summed E-state index contributed by atoms with van der Waals surface area (Å²) in [5.74, 6) is 0.0391. The predicted octanol–water partition coefficient (Wildman–Crippen LogP) is 3.90. The van der Waals surface area contributed by atoms with Crippen molar-refractivity contribution >= 4 is 5.91 Å². The summed E-state index contributed by atoms with van der Waals surface area (Å²) in [7, 11) is 0. The summed E-state index contributed by atoms with van der Waals surface area (Å²) in [4.78, 5) is 11.1. The number of nitrogens with one attached hydrogen (secondary N) is 1. The minimum absolute atomic E-state index is 0.0391. The van der Waals surface area contributed by atoms with E-state index in [4.69, 9.17) is 0 Å². The summed E-state index contributed by atoms with van der Waals surface area (Å²) in [5.41, 5.74) is 2.69. The maximum absolute atomic E-state index is 11.1. The van der Waals surface area contributed by atoms with E-state index in [2.05, 4.69) is 43.5 Å². The van der Waals surface area contributed by atoms with Gasteiger partial charge in [-0.05, 0) is 30.4 Å². The highest BCUT2D eigenvalue weighted by Crippen LogP contribution is 2.24. The SMILES string of the molecule is CCCCCC1=CC=CC1=CC(CC)NC(C)=O. The van der Waals surface area contributed by atoms with E-state index in [1.165, 1.54) is 30.4 Å². The van der Waals surface area contributed by atoms with E-state index in [9.17, 15) is 4.79 Å². The Kier molecular flexibility index (Phi) is 6.48. The van der Waals surface area contributed by atoms with E-state index in [-0.39, 0.29) is 11.9 Å². The van der Waals surface area contributed by atoms with Crippen molar-refractivity contribution in [1.82, 2.24) is 5.32 Å². The zero-order valence-corrected chi connectivity index (χ0v) is 11.8. The highest BCUT2D eigenvalue weighted by atomic mass is 16.1. The number of allylic oxidation sites excluding steroid dienone is 5. The fraction of sp³-hybridized carbons (Fsp3) is 0.562. The van der Waals surface area contributed by atoms with E-state index < -0.39 is 0 Å². The first kappa shape index (κ1) is 14.7. The summed E-state index contributed by atoms with van der Waals surface area (Å²) in [6.45, 7) is 5.89. The normalized spacial score (nSPS) is 17.9. The van der Waals surface area contributed by atoms with Crippen molar-refractivity contribution < 1.29 is 4.79 Å². The number of carbonyl (C=O) groups is 1. The summed E-state index contributed by atoms with van der Waals surface area (Å²) in [5, 5.41) is 2.97. The van der Waals surface area contributed by atoms with E-state index in [0.717, 1.165) is 12.8 Å². The molecule has 1 atom stereocenters. The van der Waals surface area contributed by atoms with Gasteiger partial charge in [-0.1, -0.05) is 51.0 Å². The Labute approximate surface area is 111 Å². The monoisotopic (exact) mass is 247 g/mol. The van der Waals surface area contributed by atoms with Crippen LogP contribution < -0.4 is 5.32 Å². The quantitative estimate of drug-likeness (QED) is 0.679. The van der Waals surface area contributed by atoms with Gasteiger partial charge in [0.25, 0.3) is 0 Å². The first-order chi connectivity index (χ1) is 8.67. The van der Waals surface area contributed by atoms with Gasteiger partial charge in [0, 0.05) is 13.0 Å². The van der Waals surface area contributed by atoms with E-state index >= 15 is 0 Å². The number of unbranched alkanes of at least 4 members (excludes halogenated alkanes) is 2. The lowest BCUT2D eigenvalue weighted by atomic mass is 10.00. The topological polar surface area (TPSA) is 29.1 Å². The maximum atomic E-state index is 11.1. The Bertz CT molecular complexity index is 363. The second kappa shape index (κ2) is 7.91. The van der Waals surface area contributed by atoms with Crippen LogP contribution in [0.15, 0.2) is 35.5 Å². The third-order valence-electron chi connectivity index (χ3n) is 3.20. The van der Waals surface area contributed by atoms with Crippen molar-refractivity contribution in [1.29, 1.82) is 0 Å². The molecule has 0 saturated heterocycles. The van der Waals surface area contributed by atoms with Gasteiger partial charge in [-0.15, -0.1) is 0 Å². The van der Waals surface area contributed by atoms with Gasteiger partial charge < -0.3 is 5.32 Å². The molecule has 0 aliphatic heterocycles. The third-order valence-corrected chi connectivity index (χ3v) is 3.20. The van der Waals surface area contributed by atoms with E-state index in [1.54, 1.807) is 6.92 Å². The second-order valence-corrected chi connectivity index (χ2v) is 4.85. The Morgan fingerprint density at radius 2 is 2.17 bits per heavy atom. The van der Waals surface area contributed by atoms with Crippen LogP contribution in [0.3, 0.4) is 0 Å². The van der Waals surface area contributed by atoms with Crippen LogP contribution in [0.25, 0.3) is 0 Å². The highest BCUT2D eigenvalue weighted by Gasteiger charge is 2.10. The van der Waals surface area contributed by atoms with Crippen LogP contribution in [0.4, 0.5) is 0 Å². The van der Waals surface area contributed by atoms with Crippen molar-refractivity contribution in [2.24, 2.45) is 0 Å². The molecule has 2 heteroatoms. The van der Waals surface area contributed by atoms with Gasteiger partial charge in [0.2, 0.25) is 5.91 Å². The first-order valence-corrected chi connectivity index (χ1v) is 7.03. The van der Waals surface area contributed by atoms with Gasteiger partial charge >= 0.3 is 0 Å². The molecular weight excluding hydrogens is 222 g/mol. The second-order valence-electron chi connectivity index (χ2n) is 4.85. The molecule has 0 spiro atoms. The van der Waals surface area contributed by atoms with Gasteiger partial charge in [0.15, 0.2) is 0 Å². The molecule has 18 heavy (non-hydrogen) atoms. The Morgan fingerprint density at radius 1 is 1.39 bits per heavy atom. The average molecular weight is 247 g/mol. The number of rotatable bonds is 7. The molecule has 1 aliphatic carbocycles. The van der Waals surface area contributed by atoms with Crippen molar-refractivity contribution in [3.05, 3.63) is 35.5 Å². The lowest BCUT2D eigenvalue weighted by Crippen LogP contribution is -2.31. The fourth-order valence-electron chi connectivity index (χ4n) is 2.17. The van der Waals surface area contributed by atoms with Gasteiger partial charge in [0.1, 0.15) is 0 Å². The maximum Gasteiger partial charge on any atom is 0.217 e. The van der Waals surface area contributed by atoms with Crippen LogP contribution in [-0.2, 0) is 4.79 Å². The van der Waals surface area contributed by atoms with Crippen LogP contribution >= 0.6 is 0 Å². The summed E-state index contributed by atoms with van der Waals surface area (Å²) in [6.07, 6.45) is 14.5. The Balaban J connectivity index is 2.59. The number of hydrogen-bond acceptors (Lipinski definition) is 1.